The van der Waals surface area contributed by atoms with Gasteiger partial charge in [-0.1, -0.05) is 6.07 Å². The summed E-state index contributed by atoms with van der Waals surface area (Å²) in [6.45, 7) is 0.784. The van der Waals surface area contributed by atoms with Crippen LogP contribution in [0.2, 0.25) is 0 Å². The lowest BCUT2D eigenvalue weighted by Crippen LogP contribution is -2.36. The molecule has 2 aromatic rings. The number of hydrogen-bond donors (Lipinski definition) is 1. The molecule has 5 nitrogen and oxygen atoms in total. The molecule has 1 N–H and O–H groups in total. The van der Waals surface area contributed by atoms with Gasteiger partial charge in [-0.25, -0.2) is 0 Å². The molecule has 1 fully saturated rings. The second-order valence-electron chi connectivity index (χ2n) is 7.51. The van der Waals surface area contributed by atoms with Gasteiger partial charge < -0.3 is 10.2 Å². The fourth-order valence-electron chi connectivity index (χ4n) is 3.65. The molecule has 2 aliphatic rings. The Labute approximate surface area is 168 Å². The van der Waals surface area contributed by atoms with E-state index < -0.39 is 0 Å². The Morgan fingerprint density at radius 2 is 2.00 bits per heavy atom. The van der Waals surface area contributed by atoms with E-state index in [1.54, 1.807) is 0 Å². The van der Waals surface area contributed by atoms with E-state index in [-0.39, 0.29) is 23.5 Å². The zero-order valence-corrected chi connectivity index (χ0v) is 16.6. The van der Waals surface area contributed by atoms with Crippen molar-refractivity contribution in [3.8, 4) is 0 Å². The Kier molecular flexibility index (Phi) is 5.57. The van der Waals surface area contributed by atoms with Gasteiger partial charge in [-0.05, 0) is 67.3 Å². The molecular formula is C22H24N2O3S. The van der Waals surface area contributed by atoms with Crippen molar-refractivity contribution in [2.24, 2.45) is 5.92 Å². The van der Waals surface area contributed by atoms with Crippen LogP contribution in [-0.2, 0) is 16.0 Å². The van der Waals surface area contributed by atoms with Crippen LogP contribution in [0.1, 0.15) is 53.8 Å². The summed E-state index contributed by atoms with van der Waals surface area (Å²) in [6.07, 6.45) is 5.13. The lowest BCUT2D eigenvalue weighted by atomic mass is 10.0. The Morgan fingerprint density at radius 1 is 1.14 bits per heavy atom. The highest BCUT2D eigenvalue weighted by Crippen LogP contribution is 2.36. The van der Waals surface area contributed by atoms with Crippen molar-refractivity contribution in [1.82, 2.24) is 0 Å². The molecule has 1 aliphatic heterocycles. The quantitative estimate of drug-likeness (QED) is 0.704. The number of nitrogens with one attached hydrogen (secondary N) is 1. The first kappa shape index (κ1) is 18.9. The summed E-state index contributed by atoms with van der Waals surface area (Å²) in [5.41, 5.74) is 2.86. The Balaban J connectivity index is 1.31. The van der Waals surface area contributed by atoms with E-state index in [0.717, 1.165) is 54.0 Å². The molecule has 6 heteroatoms. The average molecular weight is 397 g/mol. The van der Waals surface area contributed by atoms with Gasteiger partial charge in [0, 0.05) is 36.7 Å². The van der Waals surface area contributed by atoms with Gasteiger partial charge >= 0.3 is 0 Å². The van der Waals surface area contributed by atoms with Crippen LogP contribution in [-0.4, -0.2) is 24.1 Å². The summed E-state index contributed by atoms with van der Waals surface area (Å²) in [4.78, 5) is 39.4. The normalized spacial score (nSPS) is 15.8. The molecule has 1 aliphatic carbocycles. The van der Waals surface area contributed by atoms with Crippen molar-refractivity contribution in [3.63, 3.8) is 0 Å². The first-order valence-electron chi connectivity index (χ1n) is 9.92. The number of carbonyl (C=O) groups excluding carboxylic acids is 3. The number of rotatable bonds is 7. The minimum atomic E-state index is -0.0827. The van der Waals surface area contributed by atoms with Crippen molar-refractivity contribution < 1.29 is 14.4 Å². The molecule has 0 atom stereocenters. The third kappa shape index (κ3) is 4.33. The number of benzene rings is 1. The smallest absolute Gasteiger partial charge is 0.230 e. The lowest BCUT2D eigenvalue weighted by molar-refractivity contribution is -0.120. The number of amides is 2. The van der Waals surface area contributed by atoms with Gasteiger partial charge in [-0.3, -0.25) is 14.4 Å². The Hall–Kier alpha value is -2.47. The molecule has 0 spiro atoms. The zero-order valence-electron chi connectivity index (χ0n) is 15.8. The summed E-state index contributed by atoms with van der Waals surface area (Å²) >= 11 is 1.44. The van der Waals surface area contributed by atoms with Gasteiger partial charge in [0.1, 0.15) is 0 Å². The molecule has 0 radical (unpaired) electrons. The molecule has 2 heterocycles. The average Bonchev–Trinajstić information content (AvgIpc) is 3.40. The van der Waals surface area contributed by atoms with Crippen LogP contribution < -0.4 is 10.2 Å². The number of hydrogen-bond acceptors (Lipinski definition) is 4. The number of ketones is 1. The first-order chi connectivity index (χ1) is 13.6. The standard InChI is InChI=1S/C22H24N2O3S/c25-19(20-6-3-13-28-20)5-1-7-21(26)23-17-10-11-18-16(14-17)4-2-12-24(18)22(27)15-8-9-15/h3,6,10-11,13-15H,1-2,4-5,7-9,12H2,(H,23,26). The van der Waals surface area contributed by atoms with Gasteiger partial charge in [-0.2, -0.15) is 0 Å². The SMILES string of the molecule is O=C(CCCC(=O)c1cccs1)Nc1ccc2c(c1)CCCN2C(=O)C1CC1. The number of nitrogens with zero attached hydrogens (tertiary/aromatic N) is 1. The maximum Gasteiger partial charge on any atom is 0.230 e. The second-order valence-corrected chi connectivity index (χ2v) is 8.46. The summed E-state index contributed by atoms with van der Waals surface area (Å²) in [7, 11) is 0. The van der Waals surface area contributed by atoms with Gasteiger partial charge in [0.05, 0.1) is 4.88 Å². The van der Waals surface area contributed by atoms with Gasteiger partial charge in [-0.15, -0.1) is 11.3 Å². The van der Waals surface area contributed by atoms with Crippen molar-refractivity contribution >= 4 is 40.3 Å². The van der Waals surface area contributed by atoms with E-state index in [0.29, 0.717) is 19.3 Å². The van der Waals surface area contributed by atoms with Crippen LogP contribution in [0.15, 0.2) is 35.7 Å². The second kappa shape index (κ2) is 8.27. The predicted octanol–water partition coefficient (Wildman–Crippen LogP) is 4.43. The van der Waals surface area contributed by atoms with E-state index in [9.17, 15) is 14.4 Å². The van der Waals surface area contributed by atoms with Crippen LogP contribution >= 0.6 is 11.3 Å². The molecule has 0 unspecified atom stereocenters. The minimum Gasteiger partial charge on any atom is -0.326 e. The van der Waals surface area contributed by atoms with Crippen molar-refractivity contribution in [1.29, 1.82) is 0 Å². The van der Waals surface area contributed by atoms with E-state index in [1.165, 1.54) is 11.3 Å². The zero-order chi connectivity index (χ0) is 19.5. The summed E-state index contributed by atoms with van der Waals surface area (Å²) < 4.78 is 0. The molecule has 0 saturated heterocycles. The molecule has 28 heavy (non-hydrogen) atoms. The van der Waals surface area contributed by atoms with Crippen molar-refractivity contribution in [2.45, 2.75) is 44.9 Å². The number of carbonyl (C=O) groups is 3. The topological polar surface area (TPSA) is 66.5 Å². The number of anilines is 2. The van der Waals surface area contributed by atoms with Gasteiger partial charge in [0.2, 0.25) is 11.8 Å². The number of aryl methyl sites for hydroxylation is 1. The third-order valence-corrected chi connectivity index (χ3v) is 6.19. The van der Waals surface area contributed by atoms with E-state index in [2.05, 4.69) is 5.32 Å². The Bertz CT molecular complexity index is 887. The van der Waals surface area contributed by atoms with Crippen molar-refractivity contribution in [2.75, 3.05) is 16.8 Å². The van der Waals surface area contributed by atoms with Gasteiger partial charge in [0.25, 0.3) is 0 Å². The van der Waals surface area contributed by atoms with Crippen LogP contribution in [0.4, 0.5) is 11.4 Å². The maximum atomic E-state index is 12.5. The predicted molar refractivity (Wildman–Crippen MR) is 111 cm³/mol. The molecule has 1 aromatic carbocycles. The van der Waals surface area contributed by atoms with Crippen LogP contribution in [0.3, 0.4) is 0 Å². The molecule has 4 rings (SSSR count). The fourth-order valence-corrected chi connectivity index (χ4v) is 4.34. The van der Waals surface area contributed by atoms with E-state index >= 15 is 0 Å². The highest BCUT2D eigenvalue weighted by Gasteiger charge is 2.35. The molecule has 146 valence electrons. The van der Waals surface area contributed by atoms with E-state index in [4.69, 9.17) is 0 Å². The third-order valence-electron chi connectivity index (χ3n) is 5.28. The highest BCUT2D eigenvalue weighted by molar-refractivity contribution is 7.12. The first-order valence-corrected chi connectivity index (χ1v) is 10.8. The van der Waals surface area contributed by atoms with Crippen LogP contribution in [0.5, 0.6) is 0 Å². The fraction of sp³-hybridized carbons (Fsp3) is 0.409. The largest absolute Gasteiger partial charge is 0.326 e. The van der Waals surface area contributed by atoms with Crippen LogP contribution in [0.25, 0.3) is 0 Å². The maximum absolute atomic E-state index is 12.5. The minimum absolute atomic E-state index is 0.0827. The molecule has 1 aromatic heterocycles. The molecule has 0 bridgehead atoms. The summed E-state index contributed by atoms with van der Waals surface area (Å²) in [6, 6.07) is 9.48. The molecular weight excluding hydrogens is 372 g/mol. The van der Waals surface area contributed by atoms with Crippen LogP contribution in [0, 0.1) is 5.92 Å². The molecule has 1 saturated carbocycles. The monoisotopic (exact) mass is 396 g/mol. The van der Waals surface area contributed by atoms with Gasteiger partial charge in [0.15, 0.2) is 5.78 Å². The highest BCUT2D eigenvalue weighted by atomic mass is 32.1. The Morgan fingerprint density at radius 3 is 2.75 bits per heavy atom. The number of fused-ring (bicyclic) bond motifs is 1. The molecule has 2 amide bonds. The van der Waals surface area contributed by atoms with Crippen molar-refractivity contribution in [3.05, 3.63) is 46.2 Å². The number of Topliss-reactive ketones (excluding diaryl/α,β-unsaturated/α-hetero) is 1. The lowest BCUT2D eigenvalue weighted by Gasteiger charge is -2.30. The summed E-state index contributed by atoms with van der Waals surface area (Å²) in [5.74, 6) is 0.466. The number of thiophene rings is 1. The van der Waals surface area contributed by atoms with E-state index in [1.807, 2.05) is 40.6 Å². The summed E-state index contributed by atoms with van der Waals surface area (Å²) in [5, 5.41) is 4.81.